The number of rotatable bonds is 6. The zero-order chi connectivity index (χ0) is 22.8. The first-order valence-corrected chi connectivity index (χ1v) is 11.6. The minimum atomic E-state index is 0.277. The summed E-state index contributed by atoms with van der Waals surface area (Å²) in [5.74, 6) is 1.90. The van der Waals surface area contributed by atoms with Crippen LogP contribution in [-0.2, 0) is 6.42 Å². The predicted octanol–water partition coefficient (Wildman–Crippen LogP) is 7.55. The summed E-state index contributed by atoms with van der Waals surface area (Å²) in [6.45, 7) is 0. The van der Waals surface area contributed by atoms with Crippen molar-refractivity contribution in [2.45, 2.75) is 6.42 Å². The molecule has 0 saturated heterocycles. The summed E-state index contributed by atoms with van der Waals surface area (Å²) < 4.78 is 12.3. The van der Waals surface area contributed by atoms with Crippen molar-refractivity contribution in [3.63, 3.8) is 0 Å². The Morgan fingerprint density at radius 2 is 1.39 bits per heavy atom. The van der Waals surface area contributed by atoms with Gasteiger partial charge in [-0.2, -0.15) is 0 Å². The Bertz CT molecular complexity index is 1400. The molecule has 0 bridgehead atoms. The summed E-state index contributed by atoms with van der Waals surface area (Å²) in [7, 11) is 3.37. The number of benzene rings is 4. The Kier molecular flexibility index (Phi) is 5.76. The Hall–Kier alpha value is -3.76. The maximum absolute atomic E-state index is 9.58. The second-order valence-corrected chi connectivity index (χ2v) is 9.01. The standard InChI is InChI=1S/C29H24O3S/c1-31-24-16-13-22(26(18-24)32-2)17-28-29(25-5-3-4-6-27(25)33-28)21-9-7-19(8-10-21)20-11-14-23(30)15-12-20/h3-16,18,30H,17H2,1-2H3. The van der Waals surface area contributed by atoms with Crippen LogP contribution < -0.4 is 9.47 Å². The Morgan fingerprint density at radius 3 is 2.09 bits per heavy atom. The summed E-state index contributed by atoms with van der Waals surface area (Å²) >= 11 is 1.83. The lowest BCUT2D eigenvalue weighted by atomic mass is 9.96. The Balaban J connectivity index is 1.57. The van der Waals surface area contributed by atoms with Crippen LogP contribution in [0.1, 0.15) is 10.4 Å². The molecule has 0 fully saturated rings. The fourth-order valence-corrected chi connectivity index (χ4v) is 5.44. The molecule has 5 rings (SSSR count). The third-order valence-electron chi connectivity index (χ3n) is 5.89. The molecule has 0 radical (unpaired) electrons. The molecule has 4 heteroatoms. The van der Waals surface area contributed by atoms with Gasteiger partial charge in [0.15, 0.2) is 0 Å². The van der Waals surface area contributed by atoms with Gasteiger partial charge in [0.25, 0.3) is 0 Å². The molecule has 164 valence electrons. The number of ether oxygens (including phenoxy) is 2. The van der Waals surface area contributed by atoms with Gasteiger partial charge in [0.05, 0.1) is 14.2 Å². The van der Waals surface area contributed by atoms with Crippen LogP contribution in [0.3, 0.4) is 0 Å². The highest BCUT2D eigenvalue weighted by Crippen LogP contribution is 2.41. The van der Waals surface area contributed by atoms with Gasteiger partial charge in [0.1, 0.15) is 17.2 Å². The predicted molar refractivity (Wildman–Crippen MR) is 137 cm³/mol. The highest BCUT2D eigenvalue weighted by molar-refractivity contribution is 7.19. The number of phenolic OH excluding ortho intramolecular Hbond substituents is 1. The van der Waals surface area contributed by atoms with E-state index in [1.807, 2.05) is 35.6 Å². The molecule has 1 heterocycles. The molecule has 1 aromatic heterocycles. The van der Waals surface area contributed by atoms with Crippen LogP contribution in [-0.4, -0.2) is 19.3 Å². The number of thiophene rings is 1. The van der Waals surface area contributed by atoms with Gasteiger partial charge in [-0.3, -0.25) is 0 Å². The minimum Gasteiger partial charge on any atom is -0.508 e. The van der Waals surface area contributed by atoms with E-state index in [1.54, 1.807) is 26.4 Å². The van der Waals surface area contributed by atoms with Crippen molar-refractivity contribution in [2.24, 2.45) is 0 Å². The summed E-state index contributed by atoms with van der Waals surface area (Å²) in [6, 6.07) is 30.5. The molecule has 3 nitrogen and oxygen atoms in total. The molecule has 33 heavy (non-hydrogen) atoms. The number of hydrogen-bond donors (Lipinski definition) is 1. The topological polar surface area (TPSA) is 38.7 Å². The lowest BCUT2D eigenvalue weighted by molar-refractivity contribution is 0.391. The van der Waals surface area contributed by atoms with Crippen LogP contribution in [0.4, 0.5) is 0 Å². The van der Waals surface area contributed by atoms with E-state index in [4.69, 9.17) is 9.47 Å². The monoisotopic (exact) mass is 452 g/mol. The average molecular weight is 453 g/mol. The quantitative estimate of drug-likeness (QED) is 0.289. The third-order valence-corrected chi connectivity index (χ3v) is 7.06. The van der Waals surface area contributed by atoms with Crippen molar-refractivity contribution in [1.82, 2.24) is 0 Å². The lowest BCUT2D eigenvalue weighted by Gasteiger charge is -2.12. The average Bonchev–Trinajstić information content (AvgIpc) is 3.22. The van der Waals surface area contributed by atoms with Crippen molar-refractivity contribution >= 4 is 21.4 Å². The van der Waals surface area contributed by atoms with Crippen molar-refractivity contribution in [3.05, 3.63) is 101 Å². The largest absolute Gasteiger partial charge is 0.508 e. The van der Waals surface area contributed by atoms with Crippen LogP contribution in [0.5, 0.6) is 17.2 Å². The number of aromatic hydroxyl groups is 1. The molecule has 5 aromatic rings. The molecule has 1 N–H and O–H groups in total. The normalized spacial score (nSPS) is 11.0. The highest BCUT2D eigenvalue weighted by Gasteiger charge is 2.16. The van der Waals surface area contributed by atoms with Crippen molar-refractivity contribution in [2.75, 3.05) is 14.2 Å². The van der Waals surface area contributed by atoms with Crippen molar-refractivity contribution < 1.29 is 14.6 Å². The van der Waals surface area contributed by atoms with E-state index in [9.17, 15) is 5.11 Å². The Labute approximate surface area is 197 Å². The number of fused-ring (bicyclic) bond motifs is 1. The van der Waals surface area contributed by atoms with Gasteiger partial charge < -0.3 is 14.6 Å². The summed E-state index contributed by atoms with van der Waals surface area (Å²) in [4.78, 5) is 1.30. The van der Waals surface area contributed by atoms with E-state index in [2.05, 4.69) is 54.6 Å². The molecular formula is C29H24O3S. The van der Waals surface area contributed by atoms with E-state index in [0.717, 1.165) is 34.6 Å². The fourth-order valence-electron chi connectivity index (χ4n) is 4.19. The van der Waals surface area contributed by atoms with Gasteiger partial charge in [0.2, 0.25) is 0 Å². The molecule has 0 saturated carbocycles. The first kappa shape index (κ1) is 21.1. The van der Waals surface area contributed by atoms with Gasteiger partial charge in [-0.25, -0.2) is 0 Å². The second kappa shape index (κ2) is 9.00. The number of phenols is 1. The first-order chi connectivity index (χ1) is 16.2. The number of hydrogen-bond acceptors (Lipinski definition) is 4. The summed E-state index contributed by atoms with van der Waals surface area (Å²) in [5.41, 5.74) is 5.80. The molecule has 0 aliphatic rings. The lowest BCUT2D eigenvalue weighted by Crippen LogP contribution is -1.95. The molecule has 0 atom stereocenters. The van der Waals surface area contributed by atoms with Crippen LogP contribution in [0.2, 0.25) is 0 Å². The fraction of sp³-hybridized carbons (Fsp3) is 0.103. The van der Waals surface area contributed by atoms with Crippen LogP contribution in [0.25, 0.3) is 32.3 Å². The molecule has 4 aromatic carbocycles. The molecule has 0 unspecified atom stereocenters. The van der Waals surface area contributed by atoms with Crippen molar-refractivity contribution in [1.29, 1.82) is 0 Å². The van der Waals surface area contributed by atoms with Crippen molar-refractivity contribution in [3.8, 4) is 39.5 Å². The molecule has 0 aliphatic heterocycles. The van der Waals surface area contributed by atoms with Gasteiger partial charge >= 0.3 is 0 Å². The highest BCUT2D eigenvalue weighted by atomic mass is 32.1. The zero-order valence-corrected chi connectivity index (χ0v) is 19.4. The van der Waals surface area contributed by atoms with E-state index in [1.165, 1.54) is 26.1 Å². The molecule has 0 amide bonds. The molecular weight excluding hydrogens is 428 g/mol. The first-order valence-electron chi connectivity index (χ1n) is 10.8. The maximum atomic E-state index is 9.58. The van der Waals surface area contributed by atoms with Gasteiger partial charge in [-0.15, -0.1) is 11.3 Å². The van der Waals surface area contributed by atoms with E-state index in [-0.39, 0.29) is 5.75 Å². The third kappa shape index (κ3) is 4.18. The van der Waals surface area contributed by atoms with Gasteiger partial charge in [0, 0.05) is 33.0 Å². The van der Waals surface area contributed by atoms with E-state index >= 15 is 0 Å². The van der Waals surface area contributed by atoms with Gasteiger partial charge in [-0.1, -0.05) is 60.7 Å². The SMILES string of the molecule is COc1ccc(Cc2sc3ccccc3c2-c2ccc(-c3ccc(O)cc3)cc2)c(OC)c1. The smallest absolute Gasteiger partial charge is 0.126 e. The summed E-state index contributed by atoms with van der Waals surface area (Å²) in [6.07, 6.45) is 0.779. The van der Waals surface area contributed by atoms with Crippen LogP contribution in [0, 0.1) is 0 Å². The zero-order valence-electron chi connectivity index (χ0n) is 18.5. The van der Waals surface area contributed by atoms with E-state index < -0.39 is 0 Å². The van der Waals surface area contributed by atoms with Crippen LogP contribution in [0.15, 0.2) is 91.0 Å². The maximum Gasteiger partial charge on any atom is 0.126 e. The van der Waals surface area contributed by atoms with Gasteiger partial charge in [-0.05, 0) is 46.5 Å². The van der Waals surface area contributed by atoms with E-state index in [0.29, 0.717) is 0 Å². The Morgan fingerprint density at radius 1 is 0.727 bits per heavy atom. The van der Waals surface area contributed by atoms with Crippen LogP contribution >= 0.6 is 11.3 Å². The molecule has 0 aliphatic carbocycles. The molecule has 0 spiro atoms. The summed E-state index contributed by atoms with van der Waals surface area (Å²) in [5, 5.41) is 10.8. The number of methoxy groups -OCH3 is 2. The second-order valence-electron chi connectivity index (χ2n) is 7.88. The minimum absolute atomic E-state index is 0.277.